The number of hydrogen-bond acceptors (Lipinski definition) is 5. The summed E-state index contributed by atoms with van der Waals surface area (Å²) in [5, 5.41) is 6.65. The highest BCUT2D eigenvalue weighted by molar-refractivity contribution is 14.0. The molecule has 1 aliphatic rings. The van der Waals surface area contributed by atoms with E-state index in [1.54, 1.807) is 19.2 Å². The summed E-state index contributed by atoms with van der Waals surface area (Å²) in [4.78, 5) is 22.3. The third kappa shape index (κ3) is 5.85. The second-order valence-corrected chi connectivity index (χ2v) is 6.60. The molecule has 2 aromatic heterocycles. The quantitative estimate of drug-likeness (QED) is 0.331. The van der Waals surface area contributed by atoms with Gasteiger partial charge in [-0.15, -0.1) is 24.0 Å². The molecule has 1 amide bonds. The molecular weight excluding hydrogens is 471 g/mol. The number of rotatable bonds is 5. The number of halogens is 1. The molecule has 0 atom stereocenters. The number of nitrogens with zero attached hydrogens (tertiary/aromatic N) is 3. The highest BCUT2D eigenvalue weighted by atomic mass is 127. The average molecular weight is 498 g/mol. The minimum Gasteiger partial charge on any atom is -0.454 e. The van der Waals surface area contributed by atoms with Gasteiger partial charge in [-0.25, -0.2) is 4.98 Å². The molecule has 0 unspecified atom stereocenters. The fourth-order valence-electron chi connectivity index (χ4n) is 3.12. The van der Waals surface area contributed by atoms with E-state index >= 15 is 0 Å². The van der Waals surface area contributed by atoms with Gasteiger partial charge in [-0.2, -0.15) is 0 Å². The van der Waals surface area contributed by atoms with E-state index in [2.05, 4.69) is 31.6 Å². The average Bonchev–Trinajstić information content (AvgIpc) is 3.15. The molecule has 2 aromatic rings. The molecule has 28 heavy (non-hydrogen) atoms. The maximum atomic E-state index is 11.1. The summed E-state index contributed by atoms with van der Waals surface area (Å²) in [6, 6.07) is 9.77. The van der Waals surface area contributed by atoms with Crippen LogP contribution in [0.25, 0.3) is 0 Å². The van der Waals surface area contributed by atoms with Gasteiger partial charge in [0.2, 0.25) is 0 Å². The minimum atomic E-state index is -0.571. The first-order chi connectivity index (χ1) is 13.0. The highest BCUT2D eigenvalue weighted by Gasteiger charge is 2.21. The summed E-state index contributed by atoms with van der Waals surface area (Å²) in [6.07, 6.45) is 2.01. The number of anilines is 1. The first-order valence-corrected chi connectivity index (χ1v) is 9.09. The molecular formula is C19H27IN6O2. The number of pyridine rings is 1. The van der Waals surface area contributed by atoms with Crippen LogP contribution in [-0.2, 0) is 6.54 Å². The number of nitrogens with one attached hydrogen (secondary N) is 2. The lowest BCUT2D eigenvalue weighted by atomic mass is 10.1. The van der Waals surface area contributed by atoms with Crippen molar-refractivity contribution in [1.29, 1.82) is 0 Å². The van der Waals surface area contributed by atoms with E-state index < -0.39 is 5.91 Å². The van der Waals surface area contributed by atoms with Crippen molar-refractivity contribution in [2.75, 3.05) is 25.0 Å². The largest absolute Gasteiger partial charge is 0.454 e. The van der Waals surface area contributed by atoms with Gasteiger partial charge in [0, 0.05) is 31.9 Å². The van der Waals surface area contributed by atoms with Crippen molar-refractivity contribution < 1.29 is 9.21 Å². The highest BCUT2D eigenvalue weighted by Crippen LogP contribution is 2.18. The Labute approximate surface area is 182 Å². The predicted molar refractivity (Wildman–Crippen MR) is 120 cm³/mol. The minimum absolute atomic E-state index is 0. The summed E-state index contributed by atoms with van der Waals surface area (Å²) < 4.78 is 5.37. The van der Waals surface area contributed by atoms with Crippen LogP contribution in [0.1, 0.15) is 34.9 Å². The Morgan fingerprint density at radius 3 is 2.68 bits per heavy atom. The van der Waals surface area contributed by atoms with Crippen LogP contribution in [0.3, 0.4) is 0 Å². The first kappa shape index (κ1) is 22.0. The zero-order chi connectivity index (χ0) is 19.2. The molecule has 3 rings (SSSR count). The molecule has 0 bridgehead atoms. The number of aromatic nitrogens is 1. The van der Waals surface area contributed by atoms with Gasteiger partial charge in [0.15, 0.2) is 11.7 Å². The van der Waals surface area contributed by atoms with Crippen molar-refractivity contribution in [2.24, 2.45) is 10.7 Å². The molecule has 0 saturated carbocycles. The van der Waals surface area contributed by atoms with Crippen LogP contribution in [-0.4, -0.2) is 43.0 Å². The van der Waals surface area contributed by atoms with Crippen molar-refractivity contribution in [2.45, 2.75) is 32.4 Å². The molecule has 0 radical (unpaired) electrons. The Morgan fingerprint density at radius 1 is 1.32 bits per heavy atom. The number of aliphatic imine (C=N–C) groups is 1. The Morgan fingerprint density at radius 2 is 2.07 bits per heavy atom. The number of carbonyl (C=O) groups is 1. The van der Waals surface area contributed by atoms with Crippen LogP contribution in [0.2, 0.25) is 0 Å². The number of amides is 1. The lowest BCUT2D eigenvalue weighted by molar-refractivity contribution is 0.0972. The lowest BCUT2D eigenvalue weighted by Crippen LogP contribution is -2.48. The molecule has 4 N–H and O–H groups in total. The number of carbonyl (C=O) groups excluding carboxylic acids is 1. The topological polar surface area (TPSA) is 109 Å². The number of nitrogens with two attached hydrogens (primary N) is 1. The maximum Gasteiger partial charge on any atom is 0.284 e. The zero-order valence-electron chi connectivity index (χ0n) is 16.1. The van der Waals surface area contributed by atoms with Gasteiger partial charge in [-0.3, -0.25) is 9.79 Å². The van der Waals surface area contributed by atoms with Crippen LogP contribution in [0.15, 0.2) is 39.7 Å². The van der Waals surface area contributed by atoms with Gasteiger partial charge in [-0.1, -0.05) is 6.07 Å². The number of hydrogen-bond donors (Lipinski definition) is 3. The van der Waals surface area contributed by atoms with E-state index in [0.29, 0.717) is 24.3 Å². The van der Waals surface area contributed by atoms with E-state index in [1.165, 1.54) is 0 Å². The lowest BCUT2D eigenvalue weighted by Gasteiger charge is -2.33. The SMILES string of the molecule is CN=C(NCc1ccc(C(N)=O)o1)NC1CCN(c2cccc(C)n2)CC1.I. The van der Waals surface area contributed by atoms with Gasteiger partial charge in [0.25, 0.3) is 5.91 Å². The first-order valence-electron chi connectivity index (χ1n) is 9.09. The van der Waals surface area contributed by atoms with Gasteiger partial charge in [0.05, 0.1) is 6.54 Å². The van der Waals surface area contributed by atoms with E-state index in [0.717, 1.165) is 37.4 Å². The van der Waals surface area contributed by atoms with Crippen molar-refractivity contribution >= 4 is 41.7 Å². The number of aryl methyl sites for hydroxylation is 1. The predicted octanol–water partition coefficient (Wildman–Crippen LogP) is 2.03. The third-order valence-corrected chi connectivity index (χ3v) is 4.59. The molecule has 0 aliphatic carbocycles. The monoisotopic (exact) mass is 498 g/mol. The van der Waals surface area contributed by atoms with Crippen LogP contribution < -0.4 is 21.3 Å². The number of guanidine groups is 1. The summed E-state index contributed by atoms with van der Waals surface area (Å²) in [5.41, 5.74) is 6.23. The second-order valence-electron chi connectivity index (χ2n) is 6.60. The van der Waals surface area contributed by atoms with E-state index in [-0.39, 0.29) is 29.7 Å². The fourth-order valence-corrected chi connectivity index (χ4v) is 3.12. The Hall–Kier alpha value is -2.30. The summed E-state index contributed by atoms with van der Waals surface area (Å²) in [6.45, 7) is 4.34. The maximum absolute atomic E-state index is 11.1. The molecule has 0 spiro atoms. The van der Waals surface area contributed by atoms with Crippen LogP contribution in [0.4, 0.5) is 5.82 Å². The Kier molecular flexibility index (Phi) is 8.09. The molecule has 9 heteroatoms. The molecule has 1 fully saturated rings. The van der Waals surface area contributed by atoms with Crippen molar-refractivity contribution in [1.82, 2.24) is 15.6 Å². The molecule has 8 nitrogen and oxygen atoms in total. The summed E-state index contributed by atoms with van der Waals surface area (Å²) >= 11 is 0. The van der Waals surface area contributed by atoms with Gasteiger partial charge < -0.3 is 25.7 Å². The van der Waals surface area contributed by atoms with Crippen LogP contribution >= 0.6 is 24.0 Å². The van der Waals surface area contributed by atoms with Crippen molar-refractivity contribution in [3.8, 4) is 0 Å². The number of piperidine rings is 1. The zero-order valence-corrected chi connectivity index (χ0v) is 18.5. The van der Waals surface area contributed by atoms with Gasteiger partial charge >= 0.3 is 0 Å². The Bertz CT molecular complexity index is 814. The molecule has 152 valence electrons. The Balaban J connectivity index is 0.00000280. The fraction of sp³-hybridized carbons (Fsp3) is 0.421. The smallest absolute Gasteiger partial charge is 0.284 e. The molecule has 1 aliphatic heterocycles. The molecule has 0 aromatic carbocycles. The van der Waals surface area contributed by atoms with Crippen LogP contribution in [0, 0.1) is 6.92 Å². The van der Waals surface area contributed by atoms with E-state index in [4.69, 9.17) is 10.2 Å². The van der Waals surface area contributed by atoms with Crippen molar-refractivity contribution in [3.63, 3.8) is 0 Å². The summed E-state index contributed by atoms with van der Waals surface area (Å²) in [5.74, 6) is 1.97. The third-order valence-electron chi connectivity index (χ3n) is 4.59. The molecule has 3 heterocycles. The van der Waals surface area contributed by atoms with E-state index in [9.17, 15) is 4.79 Å². The van der Waals surface area contributed by atoms with Crippen LogP contribution in [0.5, 0.6) is 0 Å². The normalized spacial score (nSPS) is 15.1. The second kappa shape index (κ2) is 10.3. The van der Waals surface area contributed by atoms with E-state index in [1.807, 2.05) is 19.1 Å². The molecule has 1 saturated heterocycles. The number of primary amides is 1. The number of furan rings is 1. The standard InChI is InChI=1S/C19H26N6O2.HI/c1-13-4-3-5-17(23-13)25-10-8-14(9-11-25)24-19(21-2)22-12-15-6-7-16(27-15)18(20)26;/h3-7,14H,8-12H2,1-2H3,(H2,20,26)(H2,21,22,24);1H. The van der Waals surface area contributed by atoms with Gasteiger partial charge in [0.1, 0.15) is 11.6 Å². The summed E-state index contributed by atoms with van der Waals surface area (Å²) in [7, 11) is 1.73. The van der Waals surface area contributed by atoms with Gasteiger partial charge in [-0.05, 0) is 44.0 Å². The van der Waals surface area contributed by atoms with Crippen molar-refractivity contribution in [3.05, 3.63) is 47.5 Å².